The number of nitrogens with zero attached hydrogens (tertiary/aromatic N) is 2. The van der Waals surface area contributed by atoms with Crippen molar-refractivity contribution in [1.29, 1.82) is 0 Å². The topological polar surface area (TPSA) is 38.0 Å². The van der Waals surface area contributed by atoms with Gasteiger partial charge in [-0.2, -0.15) is 5.10 Å². The molecule has 1 N–H and O–H groups in total. The Morgan fingerprint density at radius 3 is 2.50 bits per heavy atom. The lowest BCUT2D eigenvalue weighted by molar-refractivity contribution is 0.415. The summed E-state index contributed by atoms with van der Waals surface area (Å²) in [6, 6.07) is 0. The Bertz CT molecular complexity index is 244. The molecular formula is C6H9FN2O. The van der Waals surface area contributed by atoms with Crippen molar-refractivity contribution in [2.24, 2.45) is 7.05 Å². The molecule has 1 aromatic rings. The zero-order valence-electron chi connectivity index (χ0n) is 5.93. The quantitative estimate of drug-likeness (QED) is 0.636. The summed E-state index contributed by atoms with van der Waals surface area (Å²) < 4.78 is 13.2. The number of aryl methyl sites for hydroxylation is 1. The van der Waals surface area contributed by atoms with Crippen molar-refractivity contribution >= 4 is 0 Å². The van der Waals surface area contributed by atoms with Crippen molar-refractivity contribution in [3.63, 3.8) is 0 Å². The zero-order valence-corrected chi connectivity index (χ0v) is 5.93. The largest absolute Gasteiger partial charge is 0.493 e. The van der Waals surface area contributed by atoms with Crippen LogP contribution < -0.4 is 0 Å². The highest BCUT2D eigenvalue weighted by molar-refractivity contribution is 5.27. The Hall–Kier alpha value is -1.06. The summed E-state index contributed by atoms with van der Waals surface area (Å²) in [6.07, 6.45) is 0. The first-order chi connectivity index (χ1) is 4.66. The summed E-state index contributed by atoms with van der Waals surface area (Å²) in [5.41, 5.74) is 0.824. The molecule has 0 aliphatic heterocycles. The number of aromatic hydroxyl groups is 1. The maximum absolute atomic E-state index is 12.0. The van der Waals surface area contributed by atoms with E-state index >= 15 is 0 Å². The fraction of sp³-hybridized carbons (Fsp3) is 0.500. The van der Waals surface area contributed by atoms with Gasteiger partial charge in [-0.05, 0) is 6.92 Å². The minimum atomic E-state index is -0.625. The van der Waals surface area contributed by atoms with Crippen molar-refractivity contribution in [1.82, 2.24) is 9.78 Å². The number of hydrogen-bond acceptors (Lipinski definition) is 2. The number of halogens is 1. The molecule has 3 nitrogen and oxygen atoms in total. The van der Waals surface area contributed by atoms with Crippen LogP contribution in [0, 0.1) is 6.92 Å². The van der Waals surface area contributed by atoms with Gasteiger partial charge in [-0.1, -0.05) is 0 Å². The third-order valence-corrected chi connectivity index (χ3v) is 1.47. The molecule has 0 atom stereocenters. The molecule has 0 radical (unpaired) electrons. The van der Waals surface area contributed by atoms with Gasteiger partial charge in [-0.25, -0.2) is 9.07 Å². The number of aromatic nitrogens is 2. The van der Waals surface area contributed by atoms with E-state index < -0.39 is 6.67 Å². The summed E-state index contributed by atoms with van der Waals surface area (Å²) in [5, 5.41) is 12.8. The van der Waals surface area contributed by atoms with Crippen molar-refractivity contribution < 1.29 is 9.50 Å². The van der Waals surface area contributed by atoms with Gasteiger partial charge in [0.2, 0.25) is 5.88 Å². The third-order valence-electron chi connectivity index (χ3n) is 1.47. The Balaban J connectivity index is 3.17. The lowest BCUT2D eigenvalue weighted by Gasteiger charge is -1.89. The first kappa shape index (κ1) is 7.05. The molecule has 0 amide bonds. The van der Waals surface area contributed by atoms with E-state index in [9.17, 15) is 4.39 Å². The molecule has 0 unspecified atom stereocenters. The van der Waals surface area contributed by atoms with Gasteiger partial charge in [0.25, 0.3) is 0 Å². The summed E-state index contributed by atoms with van der Waals surface area (Å²) in [4.78, 5) is 0. The molecule has 0 spiro atoms. The number of rotatable bonds is 1. The van der Waals surface area contributed by atoms with Crippen molar-refractivity contribution in [2.45, 2.75) is 13.6 Å². The molecule has 0 saturated heterocycles. The molecule has 4 heteroatoms. The molecule has 0 fully saturated rings. The molecule has 1 heterocycles. The summed E-state index contributed by atoms with van der Waals surface area (Å²) >= 11 is 0. The smallest absolute Gasteiger partial charge is 0.212 e. The SMILES string of the molecule is Cc1c(CF)nn(C)c1O. The molecule has 1 aromatic heterocycles. The highest BCUT2D eigenvalue weighted by atomic mass is 19.1. The van der Waals surface area contributed by atoms with E-state index in [1.165, 1.54) is 4.68 Å². The Labute approximate surface area is 58.1 Å². The second-order valence-corrected chi connectivity index (χ2v) is 2.15. The van der Waals surface area contributed by atoms with Crippen LogP contribution in [0.1, 0.15) is 11.3 Å². The minimum Gasteiger partial charge on any atom is -0.493 e. The zero-order chi connectivity index (χ0) is 7.72. The second-order valence-electron chi connectivity index (χ2n) is 2.15. The first-order valence-corrected chi connectivity index (χ1v) is 2.94. The number of hydrogen-bond donors (Lipinski definition) is 1. The highest BCUT2D eigenvalue weighted by Crippen LogP contribution is 2.18. The Morgan fingerprint density at radius 1 is 1.70 bits per heavy atom. The summed E-state index contributed by atoms with van der Waals surface area (Å²) in [6.45, 7) is 1.01. The van der Waals surface area contributed by atoms with Crippen LogP contribution in [0.25, 0.3) is 0 Å². The van der Waals surface area contributed by atoms with Crippen LogP contribution in [0.15, 0.2) is 0 Å². The summed E-state index contributed by atoms with van der Waals surface area (Å²) in [7, 11) is 1.57. The van der Waals surface area contributed by atoms with Crippen LogP contribution in [-0.2, 0) is 13.7 Å². The maximum atomic E-state index is 12.0. The van der Waals surface area contributed by atoms with E-state index in [2.05, 4.69) is 5.10 Å². The van der Waals surface area contributed by atoms with Gasteiger partial charge in [0.05, 0.1) is 0 Å². The highest BCUT2D eigenvalue weighted by Gasteiger charge is 2.09. The molecule has 10 heavy (non-hydrogen) atoms. The van der Waals surface area contributed by atoms with E-state index in [4.69, 9.17) is 5.11 Å². The summed E-state index contributed by atoms with van der Waals surface area (Å²) in [5.74, 6) is 0.0349. The van der Waals surface area contributed by atoms with Gasteiger partial charge in [0, 0.05) is 12.6 Å². The van der Waals surface area contributed by atoms with E-state index in [1.807, 2.05) is 0 Å². The molecule has 56 valence electrons. The normalized spacial score (nSPS) is 10.3. The predicted octanol–water partition coefficient (Wildman–Crippen LogP) is 0.904. The lowest BCUT2D eigenvalue weighted by Crippen LogP contribution is -1.89. The molecular weight excluding hydrogens is 135 g/mol. The van der Waals surface area contributed by atoms with Crippen LogP contribution in [0.5, 0.6) is 5.88 Å². The van der Waals surface area contributed by atoms with Gasteiger partial charge >= 0.3 is 0 Å². The van der Waals surface area contributed by atoms with E-state index in [-0.39, 0.29) is 5.88 Å². The van der Waals surface area contributed by atoms with Gasteiger partial charge < -0.3 is 5.11 Å². The average Bonchev–Trinajstić information content (AvgIpc) is 2.17. The van der Waals surface area contributed by atoms with E-state index in [0.717, 1.165) is 0 Å². The fourth-order valence-corrected chi connectivity index (χ4v) is 0.802. The second kappa shape index (κ2) is 2.28. The Morgan fingerprint density at radius 2 is 2.30 bits per heavy atom. The molecule has 0 saturated carbocycles. The van der Waals surface area contributed by atoms with Gasteiger partial charge in [-0.3, -0.25) is 0 Å². The molecule has 0 aromatic carbocycles. The van der Waals surface area contributed by atoms with Crippen molar-refractivity contribution in [2.75, 3.05) is 0 Å². The standard InChI is InChI=1S/C6H9FN2O/c1-4-5(3-7)8-9(2)6(4)10/h10H,3H2,1-2H3. The molecule has 0 aliphatic carbocycles. The van der Waals surface area contributed by atoms with E-state index in [1.54, 1.807) is 14.0 Å². The van der Waals surface area contributed by atoms with Crippen LogP contribution in [0.2, 0.25) is 0 Å². The molecule has 0 aliphatic rings. The monoisotopic (exact) mass is 144 g/mol. The van der Waals surface area contributed by atoms with Crippen LogP contribution >= 0.6 is 0 Å². The van der Waals surface area contributed by atoms with Crippen LogP contribution in [-0.4, -0.2) is 14.9 Å². The lowest BCUT2D eigenvalue weighted by atomic mass is 10.3. The fourth-order valence-electron chi connectivity index (χ4n) is 0.802. The van der Waals surface area contributed by atoms with Gasteiger partial charge in [0.1, 0.15) is 12.4 Å². The van der Waals surface area contributed by atoms with Crippen LogP contribution in [0.4, 0.5) is 4.39 Å². The molecule has 0 bridgehead atoms. The minimum absolute atomic E-state index is 0.0349. The number of alkyl halides is 1. The van der Waals surface area contributed by atoms with Gasteiger partial charge in [-0.15, -0.1) is 0 Å². The first-order valence-electron chi connectivity index (χ1n) is 2.94. The van der Waals surface area contributed by atoms with Gasteiger partial charge in [0.15, 0.2) is 0 Å². The van der Waals surface area contributed by atoms with E-state index in [0.29, 0.717) is 11.3 Å². The average molecular weight is 144 g/mol. The van der Waals surface area contributed by atoms with Crippen LogP contribution in [0.3, 0.4) is 0 Å². The Kier molecular flexibility index (Phi) is 1.61. The van der Waals surface area contributed by atoms with Crippen molar-refractivity contribution in [3.8, 4) is 5.88 Å². The predicted molar refractivity (Wildman–Crippen MR) is 34.4 cm³/mol. The third kappa shape index (κ3) is 0.853. The maximum Gasteiger partial charge on any atom is 0.212 e. The molecule has 1 rings (SSSR count). The van der Waals surface area contributed by atoms with Crippen molar-refractivity contribution in [3.05, 3.63) is 11.3 Å².